The van der Waals surface area contributed by atoms with Crippen molar-refractivity contribution >= 4 is 5.97 Å². The lowest BCUT2D eigenvalue weighted by atomic mass is 9.87. The van der Waals surface area contributed by atoms with E-state index in [-0.39, 0.29) is 24.5 Å². The lowest BCUT2D eigenvalue weighted by Crippen LogP contribution is -2.43. The fourth-order valence-electron chi connectivity index (χ4n) is 6.23. The second-order valence-corrected chi connectivity index (χ2v) is 10.6. The predicted octanol–water partition coefficient (Wildman–Crippen LogP) is 3.25. The van der Waals surface area contributed by atoms with Crippen molar-refractivity contribution in [2.24, 2.45) is 5.73 Å². The van der Waals surface area contributed by atoms with Crippen LogP contribution in [0.5, 0.6) is 0 Å². The van der Waals surface area contributed by atoms with E-state index >= 15 is 0 Å². The molecule has 37 heavy (non-hydrogen) atoms. The SMILES string of the molecule is N[C@H]1CCN([C@@H](Cc2ncn3c2CCc2ccccc2-3)C(=O)OCc2oc(=O)oc2C2CCCCC2)C1. The van der Waals surface area contributed by atoms with E-state index in [1.165, 1.54) is 12.0 Å². The Bertz CT molecular complexity index is 1320. The van der Waals surface area contributed by atoms with Crippen molar-refractivity contribution in [3.63, 3.8) is 0 Å². The maximum atomic E-state index is 13.5. The van der Waals surface area contributed by atoms with Crippen LogP contribution in [0.2, 0.25) is 0 Å². The highest BCUT2D eigenvalue weighted by Gasteiger charge is 2.35. The van der Waals surface area contributed by atoms with Crippen LogP contribution in [-0.4, -0.2) is 45.6 Å². The summed E-state index contributed by atoms with van der Waals surface area (Å²) in [6.45, 7) is 1.25. The molecule has 0 unspecified atom stereocenters. The van der Waals surface area contributed by atoms with Crippen LogP contribution in [0.25, 0.3) is 5.69 Å². The molecular formula is C28H34N4O5. The number of esters is 1. The number of hydrogen-bond acceptors (Lipinski definition) is 8. The summed E-state index contributed by atoms with van der Waals surface area (Å²) in [7, 11) is 0. The summed E-state index contributed by atoms with van der Waals surface area (Å²) < 4.78 is 18.6. The summed E-state index contributed by atoms with van der Waals surface area (Å²) in [6, 6.07) is 7.88. The first-order valence-electron chi connectivity index (χ1n) is 13.5. The van der Waals surface area contributed by atoms with Gasteiger partial charge in [-0.15, -0.1) is 0 Å². The third-order valence-electron chi connectivity index (χ3n) is 8.19. The standard InChI is InChI=1S/C28H34N4O5/c29-20-12-13-31(15-20)24(14-21-23-11-10-18-6-4-5-9-22(18)32(23)17-30-21)27(33)35-16-25-26(37-28(34)36-25)19-7-2-1-3-8-19/h4-6,9,17,19-20,24H,1-3,7-8,10-16,29H2/t20-,24-/m0/s1. The number of carbonyl (C=O) groups excluding carboxylic acids is 1. The van der Waals surface area contributed by atoms with E-state index in [1.54, 1.807) is 0 Å². The molecule has 3 aromatic rings. The second-order valence-electron chi connectivity index (χ2n) is 10.6. The first-order valence-corrected chi connectivity index (χ1v) is 13.5. The van der Waals surface area contributed by atoms with Crippen molar-refractivity contribution in [1.29, 1.82) is 0 Å². The number of aryl methyl sites for hydroxylation is 1. The maximum Gasteiger partial charge on any atom is 0.519 e. The zero-order chi connectivity index (χ0) is 25.4. The lowest BCUT2D eigenvalue weighted by molar-refractivity contribution is -0.151. The number of carbonyl (C=O) groups is 1. The number of ether oxygens (including phenoxy) is 1. The minimum absolute atomic E-state index is 0.0305. The van der Waals surface area contributed by atoms with Crippen molar-refractivity contribution in [3.8, 4) is 5.69 Å². The van der Waals surface area contributed by atoms with E-state index in [1.807, 2.05) is 12.4 Å². The number of aromatic nitrogens is 2. The molecule has 2 aliphatic heterocycles. The van der Waals surface area contributed by atoms with Crippen LogP contribution >= 0.6 is 0 Å². The zero-order valence-corrected chi connectivity index (χ0v) is 21.1. The Labute approximate surface area is 215 Å². The number of fused-ring (bicyclic) bond motifs is 3. The molecule has 0 spiro atoms. The number of rotatable bonds is 7. The third kappa shape index (κ3) is 4.90. The van der Waals surface area contributed by atoms with Gasteiger partial charge in [0.15, 0.2) is 18.1 Å². The lowest BCUT2D eigenvalue weighted by Gasteiger charge is -2.26. The molecule has 1 aromatic carbocycles. The molecule has 2 aromatic heterocycles. The van der Waals surface area contributed by atoms with Gasteiger partial charge >= 0.3 is 11.8 Å². The first kappa shape index (κ1) is 24.2. The molecule has 1 saturated heterocycles. The molecule has 0 bridgehead atoms. The van der Waals surface area contributed by atoms with E-state index < -0.39 is 11.9 Å². The summed E-state index contributed by atoms with van der Waals surface area (Å²) in [6.07, 6.45) is 10.2. The Morgan fingerprint density at radius 1 is 1.14 bits per heavy atom. The van der Waals surface area contributed by atoms with Gasteiger partial charge in [0, 0.05) is 42.9 Å². The highest BCUT2D eigenvalue weighted by molar-refractivity contribution is 5.76. The molecule has 3 aliphatic rings. The normalized spacial score (nSPS) is 20.9. The van der Waals surface area contributed by atoms with Gasteiger partial charge in [0.25, 0.3) is 0 Å². The van der Waals surface area contributed by atoms with E-state index in [4.69, 9.17) is 24.3 Å². The van der Waals surface area contributed by atoms with Crippen LogP contribution in [-0.2, 0) is 35.4 Å². The molecule has 9 heteroatoms. The zero-order valence-electron chi connectivity index (χ0n) is 21.1. The highest BCUT2D eigenvalue weighted by atomic mass is 16.6. The smallest absolute Gasteiger partial charge is 0.456 e. The Hall–Kier alpha value is -3.17. The van der Waals surface area contributed by atoms with E-state index in [0.717, 1.165) is 68.6 Å². The molecule has 2 atom stereocenters. The number of para-hydroxylation sites is 1. The average Bonchev–Trinajstić information content (AvgIpc) is 3.64. The summed E-state index contributed by atoms with van der Waals surface area (Å²) in [5, 5.41) is 0. The second kappa shape index (κ2) is 10.3. The summed E-state index contributed by atoms with van der Waals surface area (Å²) in [5.41, 5.74) is 10.7. The third-order valence-corrected chi connectivity index (χ3v) is 8.19. The number of nitrogens with two attached hydrogens (primary N) is 1. The molecule has 6 rings (SSSR count). The predicted molar refractivity (Wildman–Crippen MR) is 135 cm³/mol. The highest BCUT2D eigenvalue weighted by Crippen LogP contribution is 2.34. The first-order chi connectivity index (χ1) is 18.1. The van der Waals surface area contributed by atoms with Crippen LogP contribution in [0.1, 0.15) is 72.9 Å². The molecular weight excluding hydrogens is 472 g/mol. The Balaban J connectivity index is 1.21. The fourth-order valence-corrected chi connectivity index (χ4v) is 6.23. The van der Waals surface area contributed by atoms with Crippen LogP contribution in [0.15, 0.2) is 44.2 Å². The van der Waals surface area contributed by atoms with Gasteiger partial charge in [0.1, 0.15) is 6.04 Å². The van der Waals surface area contributed by atoms with Crippen molar-refractivity contribution < 1.29 is 18.4 Å². The Morgan fingerprint density at radius 3 is 2.78 bits per heavy atom. The quantitative estimate of drug-likeness (QED) is 0.486. The van der Waals surface area contributed by atoms with Gasteiger partial charge in [-0.2, -0.15) is 0 Å². The number of nitrogens with zero attached hydrogens (tertiary/aromatic N) is 3. The molecule has 1 saturated carbocycles. The van der Waals surface area contributed by atoms with Gasteiger partial charge in [-0.25, -0.2) is 9.78 Å². The van der Waals surface area contributed by atoms with Gasteiger partial charge in [0.05, 0.1) is 12.0 Å². The minimum Gasteiger partial charge on any atom is -0.456 e. The number of benzene rings is 1. The van der Waals surface area contributed by atoms with Crippen molar-refractivity contribution in [3.05, 3.63) is 69.7 Å². The molecule has 0 amide bonds. The van der Waals surface area contributed by atoms with Crippen LogP contribution in [0.3, 0.4) is 0 Å². The number of imidazole rings is 1. The number of hydrogen-bond donors (Lipinski definition) is 1. The largest absolute Gasteiger partial charge is 0.519 e. The number of likely N-dealkylation sites (tertiary alicyclic amines) is 1. The fraction of sp³-hybridized carbons (Fsp3) is 0.536. The minimum atomic E-state index is -0.737. The topological polar surface area (TPSA) is 117 Å². The average molecular weight is 507 g/mol. The summed E-state index contributed by atoms with van der Waals surface area (Å²) in [5.74, 6) is -0.0810. The molecule has 196 valence electrons. The molecule has 1 aliphatic carbocycles. The molecule has 4 heterocycles. The van der Waals surface area contributed by atoms with Gasteiger partial charge < -0.3 is 23.9 Å². The molecule has 2 fully saturated rings. The van der Waals surface area contributed by atoms with Gasteiger partial charge in [-0.3, -0.25) is 9.69 Å². The Morgan fingerprint density at radius 2 is 1.97 bits per heavy atom. The summed E-state index contributed by atoms with van der Waals surface area (Å²) in [4.78, 5) is 32.2. The van der Waals surface area contributed by atoms with Crippen molar-refractivity contribution in [1.82, 2.24) is 14.5 Å². The summed E-state index contributed by atoms with van der Waals surface area (Å²) >= 11 is 0. The van der Waals surface area contributed by atoms with Crippen molar-refractivity contribution in [2.45, 2.75) is 82.4 Å². The van der Waals surface area contributed by atoms with Crippen LogP contribution in [0, 0.1) is 0 Å². The molecule has 0 radical (unpaired) electrons. The monoisotopic (exact) mass is 506 g/mol. The van der Waals surface area contributed by atoms with Gasteiger partial charge in [0.2, 0.25) is 0 Å². The van der Waals surface area contributed by atoms with Crippen LogP contribution < -0.4 is 11.6 Å². The van der Waals surface area contributed by atoms with Gasteiger partial charge in [-0.05, 0) is 43.7 Å². The molecule has 9 nitrogen and oxygen atoms in total. The van der Waals surface area contributed by atoms with Crippen LogP contribution in [0.4, 0.5) is 0 Å². The van der Waals surface area contributed by atoms with E-state index in [2.05, 4.69) is 27.7 Å². The van der Waals surface area contributed by atoms with Gasteiger partial charge in [-0.1, -0.05) is 37.5 Å². The maximum absolute atomic E-state index is 13.5. The molecule has 2 N–H and O–H groups in total. The van der Waals surface area contributed by atoms with Crippen molar-refractivity contribution in [2.75, 3.05) is 13.1 Å². The Kier molecular flexibility index (Phi) is 6.73. The van der Waals surface area contributed by atoms with E-state index in [0.29, 0.717) is 24.5 Å². The van der Waals surface area contributed by atoms with E-state index in [9.17, 15) is 9.59 Å².